The number of nitrogens with zero attached hydrogens (tertiary/aromatic N) is 5. The zero-order chi connectivity index (χ0) is 29.8. The minimum absolute atomic E-state index is 0.0640. The second-order valence-electron chi connectivity index (χ2n) is 11.2. The van der Waals surface area contributed by atoms with Gasteiger partial charge in [0.2, 0.25) is 5.95 Å². The number of benzene rings is 3. The van der Waals surface area contributed by atoms with Gasteiger partial charge in [0.1, 0.15) is 0 Å². The lowest BCUT2D eigenvalue weighted by atomic mass is 9.95. The van der Waals surface area contributed by atoms with Crippen LogP contribution in [0.25, 0.3) is 11.3 Å². The van der Waals surface area contributed by atoms with Crippen molar-refractivity contribution in [1.82, 2.24) is 25.1 Å². The van der Waals surface area contributed by atoms with Crippen molar-refractivity contribution >= 4 is 34.9 Å². The minimum atomic E-state index is -0.0640. The van der Waals surface area contributed by atoms with Gasteiger partial charge in [0.05, 0.1) is 18.0 Å². The summed E-state index contributed by atoms with van der Waals surface area (Å²) in [5.41, 5.74) is 8.19. The molecule has 0 atom stereocenters. The summed E-state index contributed by atoms with van der Waals surface area (Å²) in [6, 6.07) is 21.6. The van der Waals surface area contributed by atoms with E-state index in [1.165, 1.54) is 5.56 Å². The van der Waals surface area contributed by atoms with Crippen molar-refractivity contribution < 1.29 is 4.79 Å². The molecule has 0 bridgehead atoms. The molecule has 43 heavy (non-hydrogen) atoms. The van der Waals surface area contributed by atoms with E-state index in [1.54, 1.807) is 0 Å². The highest BCUT2D eigenvalue weighted by Crippen LogP contribution is 2.34. The lowest BCUT2D eigenvalue weighted by Crippen LogP contribution is -2.45. The third kappa shape index (κ3) is 6.94. The summed E-state index contributed by atoms with van der Waals surface area (Å²) >= 11 is 6.45. The van der Waals surface area contributed by atoms with Crippen LogP contribution in [0.5, 0.6) is 0 Å². The van der Waals surface area contributed by atoms with E-state index in [9.17, 15) is 4.79 Å². The van der Waals surface area contributed by atoms with Gasteiger partial charge in [-0.25, -0.2) is 9.97 Å². The lowest BCUT2D eigenvalue weighted by molar-refractivity contribution is 0.0949. The Labute approximate surface area is 257 Å². The first kappa shape index (κ1) is 29.0. The first-order chi connectivity index (χ1) is 20.9. The molecule has 220 valence electrons. The summed E-state index contributed by atoms with van der Waals surface area (Å²) in [6.45, 7) is 8.61. The van der Waals surface area contributed by atoms with Gasteiger partial charge >= 0.3 is 0 Å². The summed E-state index contributed by atoms with van der Waals surface area (Å²) < 4.78 is 0. The maximum absolute atomic E-state index is 12.7. The predicted octanol–water partition coefficient (Wildman–Crippen LogP) is 5.57. The van der Waals surface area contributed by atoms with Gasteiger partial charge in [0.25, 0.3) is 5.91 Å². The number of aryl methyl sites for hydroxylation is 1. The molecule has 0 aliphatic carbocycles. The minimum Gasteiger partial charge on any atom is -0.352 e. The first-order valence-corrected chi connectivity index (χ1v) is 15.1. The van der Waals surface area contributed by atoms with Crippen LogP contribution in [0, 0.1) is 6.92 Å². The molecule has 4 aromatic rings. The molecule has 1 fully saturated rings. The molecule has 8 nitrogen and oxygen atoms in total. The molecule has 3 heterocycles. The van der Waals surface area contributed by atoms with Gasteiger partial charge in [-0.15, -0.1) is 0 Å². The Bertz CT molecular complexity index is 1650. The number of hydrogen-bond acceptors (Lipinski definition) is 7. The van der Waals surface area contributed by atoms with Gasteiger partial charge in [0, 0.05) is 77.4 Å². The number of likely N-dealkylation sites (N-methyl/N-ethyl adjacent to an activating group) is 1. The number of nitrogens with one attached hydrogen (secondary N) is 2. The molecule has 1 saturated heterocycles. The number of carbonyl (C=O) groups excluding carboxylic acids is 1. The van der Waals surface area contributed by atoms with E-state index in [2.05, 4.69) is 57.6 Å². The van der Waals surface area contributed by atoms with Crippen LogP contribution >= 0.6 is 11.6 Å². The normalized spacial score (nSPS) is 15.2. The fourth-order valence-corrected chi connectivity index (χ4v) is 5.71. The van der Waals surface area contributed by atoms with E-state index in [0.717, 1.165) is 78.5 Å². The number of piperazine rings is 1. The Kier molecular flexibility index (Phi) is 8.79. The average Bonchev–Trinajstić information content (AvgIpc) is 3.17. The van der Waals surface area contributed by atoms with Gasteiger partial charge in [-0.2, -0.15) is 0 Å². The molecule has 0 spiro atoms. The number of hydrogen-bond donors (Lipinski definition) is 2. The van der Waals surface area contributed by atoms with Crippen molar-refractivity contribution in [3.63, 3.8) is 0 Å². The Morgan fingerprint density at radius 3 is 2.58 bits per heavy atom. The highest BCUT2D eigenvalue weighted by Gasteiger charge is 2.22. The molecule has 6 rings (SSSR count). The molecular weight excluding hydrogens is 558 g/mol. The summed E-state index contributed by atoms with van der Waals surface area (Å²) in [4.78, 5) is 32.0. The van der Waals surface area contributed by atoms with Crippen molar-refractivity contribution in [3.8, 4) is 11.3 Å². The molecule has 1 amide bonds. The highest BCUT2D eigenvalue weighted by atomic mass is 35.5. The van der Waals surface area contributed by atoms with Crippen LogP contribution in [0.15, 0.2) is 77.9 Å². The number of aliphatic imine (C=N–C) groups is 1. The van der Waals surface area contributed by atoms with Crippen molar-refractivity contribution in [2.45, 2.75) is 19.9 Å². The third-order valence-electron chi connectivity index (χ3n) is 7.99. The Balaban J connectivity index is 1.13. The van der Waals surface area contributed by atoms with Crippen LogP contribution < -0.4 is 10.6 Å². The predicted molar refractivity (Wildman–Crippen MR) is 174 cm³/mol. The van der Waals surface area contributed by atoms with Crippen LogP contribution in [0.2, 0.25) is 5.02 Å². The first-order valence-electron chi connectivity index (χ1n) is 14.8. The van der Waals surface area contributed by atoms with Crippen LogP contribution in [0.1, 0.15) is 39.0 Å². The fourth-order valence-electron chi connectivity index (χ4n) is 5.54. The molecular formula is C34H36ClN7O. The number of carbonyl (C=O) groups is 1. The van der Waals surface area contributed by atoms with Crippen molar-refractivity contribution in [2.75, 3.05) is 51.6 Å². The van der Waals surface area contributed by atoms with Gasteiger partial charge in [0.15, 0.2) is 0 Å². The largest absolute Gasteiger partial charge is 0.352 e. The monoisotopic (exact) mass is 593 g/mol. The van der Waals surface area contributed by atoms with E-state index in [0.29, 0.717) is 29.6 Å². The van der Waals surface area contributed by atoms with E-state index >= 15 is 0 Å². The molecule has 2 aliphatic rings. The topological polar surface area (TPSA) is 85.7 Å². The number of amides is 1. The van der Waals surface area contributed by atoms with Gasteiger partial charge in [-0.05, 0) is 69.4 Å². The number of rotatable bonds is 8. The van der Waals surface area contributed by atoms with Gasteiger partial charge in [-0.3, -0.25) is 9.79 Å². The lowest BCUT2D eigenvalue weighted by Gasteiger charge is -2.32. The molecule has 2 aliphatic heterocycles. The Hall–Kier alpha value is -4.11. The third-order valence-corrected chi connectivity index (χ3v) is 8.23. The number of halogens is 1. The molecule has 0 radical (unpaired) electrons. The van der Waals surface area contributed by atoms with E-state index in [-0.39, 0.29) is 5.91 Å². The molecule has 3 aromatic carbocycles. The van der Waals surface area contributed by atoms with Gasteiger partial charge < -0.3 is 20.4 Å². The van der Waals surface area contributed by atoms with Crippen LogP contribution in [0.4, 0.5) is 11.6 Å². The number of aromatic nitrogens is 2. The average molecular weight is 594 g/mol. The van der Waals surface area contributed by atoms with E-state index in [1.807, 2.05) is 54.7 Å². The van der Waals surface area contributed by atoms with Gasteiger partial charge in [-0.1, -0.05) is 41.4 Å². The molecule has 2 N–H and O–H groups in total. The molecule has 0 unspecified atom stereocenters. The SMILES string of the molecule is Cc1cccc(C2=NCc3cnc(Nc4ccc(C(=O)NCCCN5CCN(C)CC5)cc4)nc3-c3ccc(Cl)cc32)c1. The summed E-state index contributed by atoms with van der Waals surface area (Å²) in [6.07, 6.45) is 2.77. The number of fused-ring (bicyclic) bond motifs is 3. The zero-order valence-electron chi connectivity index (χ0n) is 24.6. The van der Waals surface area contributed by atoms with Crippen LogP contribution in [-0.4, -0.2) is 77.7 Å². The smallest absolute Gasteiger partial charge is 0.251 e. The van der Waals surface area contributed by atoms with Crippen LogP contribution in [0.3, 0.4) is 0 Å². The van der Waals surface area contributed by atoms with Crippen molar-refractivity contribution in [3.05, 3.63) is 106 Å². The van der Waals surface area contributed by atoms with E-state index < -0.39 is 0 Å². The zero-order valence-corrected chi connectivity index (χ0v) is 25.4. The molecule has 0 saturated carbocycles. The second-order valence-corrected chi connectivity index (χ2v) is 11.7. The summed E-state index contributed by atoms with van der Waals surface area (Å²) in [7, 11) is 2.16. The van der Waals surface area contributed by atoms with Crippen LogP contribution in [-0.2, 0) is 6.54 Å². The second kappa shape index (κ2) is 13.0. The highest BCUT2D eigenvalue weighted by molar-refractivity contribution is 6.31. The van der Waals surface area contributed by atoms with Crippen molar-refractivity contribution in [2.24, 2.45) is 4.99 Å². The maximum atomic E-state index is 12.7. The number of anilines is 2. The Morgan fingerprint density at radius 1 is 0.977 bits per heavy atom. The maximum Gasteiger partial charge on any atom is 0.251 e. The molecule has 1 aromatic heterocycles. The fraction of sp³-hybridized carbons (Fsp3) is 0.294. The van der Waals surface area contributed by atoms with E-state index in [4.69, 9.17) is 21.6 Å². The van der Waals surface area contributed by atoms with Crippen molar-refractivity contribution in [1.29, 1.82) is 0 Å². The quantitative estimate of drug-likeness (QED) is 0.260. The standard InChI is InChI=1S/C34H36ClN7O/c1-23-5-3-6-25(19-23)31-30-20-27(35)9-12-29(30)32-26(21-37-31)22-38-34(40-32)39-28-10-7-24(8-11-28)33(43)36-13-4-14-42-17-15-41(2)16-18-42/h3,5-12,19-20,22H,4,13-18,21H2,1-2H3,(H,36,43)(H,38,39,40). The summed E-state index contributed by atoms with van der Waals surface area (Å²) in [5.74, 6) is 0.408. The summed E-state index contributed by atoms with van der Waals surface area (Å²) in [5, 5.41) is 6.99. The molecule has 9 heteroatoms. The Morgan fingerprint density at radius 2 is 1.79 bits per heavy atom.